The van der Waals surface area contributed by atoms with Crippen molar-refractivity contribution in [2.45, 2.75) is 6.42 Å². The minimum Gasteiger partial charge on any atom is -0.478 e. The number of halogens is 1. The van der Waals surface area contributed by atoms with Gasteiger partial charge in [-0.25, -0.2) is 14.5 Å². The van der Waals surface area contributed by atoms with Crippen LogP contribution in [0.25, 0.3) is 0 Å². The molecule has 0 atom stereocenters. The highest BCUT2D eigenvalue weighted by Crippen LogP contribution is 2.30. The predicted octanol–water partition coefficient (Wildman–Crippen LogP) is 3.79. The van der Waals surface area contributed by atoms with Crippen LogP contribution in [-0.2, 0) is 25.5 Å². The number of nitrogens with zero attached hydrogens (tertiary/aromatic N) is 1. The Morgan fingerprint density at radius 2 is 1.55 bits per heavy atom. The Hall–Kier alpha value is -4.96. The fourth-order valence-electron chi connectivity index (χ4n) is 3.67. The van der Waals surface area contributed by atoms with Crippen LogP contribution < -0.4 is 15.5 Å². The van der Waals surface area contributed by atoms with Crippen molar-refractivity contribution in [1.29, 1.82) is 0 Å². The summed E-state index contributed by atoms with van der Waals surface area (Å²) < 4.78 is 4.68. The first-order chi connectivity index (χ1) is 18.2. The van der Waals surface area contributed by atoms with Crippen LogP contribution in [-0.4, -0.2) is 41.9 Å². The van der Waals surface area contributed by atoms with Gasteiger partial charge >= 0.3 is 11.9 Å². The number of methoxy groups -OCH3 is 1. The molecule has 3 aromatic carbocycles. The van der Waals surface area contributed by atoms with Crippen molar-refractivity contribution in [3.8, 4) is 0 Å². The maximum atomic E-state index is 13.0. The Kier molecular flexibility index (Phi) is 7.54. The normalized spacial score (nSPS) is 12.9. The summed E-state index contributed by atoms with van der Waals surface area (Å²) in [6.45, 7) is 0. The second-order valence-electron chi connectivity index (χ2n) is 8.11. The Labute approximate surface area is 221 Å². The third kappa shape index (κ3) is 5.55. The van der Waals surface area contributed by atoms with Gasteiger partial charge in [-0.2, -0.15) is 0 Å². The molecule has 0 unspecified atom stereocenters. The lowest BCUT2D eigenvalue weighted by Crippen LogP contribution is -2.32. The first kappa shape index (κ1) is 26.1. The van der Waals surface area contributed by atoms with E-state index in [1.54, 1.807) is 24.3 Å². The molecular weight excluding hydrogens is 514 g/mol. The Morgan fingerprint density at radius 3 is 2.18 bits per heavy atom. The van der Waals surface area contributed by atoms with E-state index < -0.39 is 23.8 Å². The van der Waals surface area contributed by atoms with E-state index in [2.05, 4.69) is 15.4 Å². The van der Waals surface area contributed by atoms with Crippen molar-refractivity contribution in [3.05, 3.63) is 100 Å². The molecule has 0 saturated carbocycles. The first-order valence-electron chi connectivity index (χ1n) is 11.1. The smallest absolute Gasteiger partial charge is 0.337 e. The van der Waals surface area contributed by atoms with Crippen LogP contribution in [0.3, 0.4) is 0 Å². The molecule has 0 bridgehead atoms. The van der Waals surface area contributed by atoms with E-state index in [0.717, 1.165) is 4.90 Å². The van der Waals surface area contributed by atoms with Crippen molar-refractivity contribution < 1.29 is 33.8 Å². The standard InChI is InChI=1S/C27H20ClN3O7/c1-38-27(37)17-3-2-4-20(14-17)31-24(33)22(28)23(25(31)34)30-19-9-5-15(6-10-19)13-21(32)29-18-11-7-16(8-12-18)26(35)36/h2-12,14,30H,13H2,1H3,(H,29,32)(H,35,36). The SMILES string of the molecule is COC(=O)c1cccc(N2C(=O)C(Cl)=C(Nc3ccc(CC(=O)Nc4ccc(C(=O)O)cc4)cc3)C2=O)c1. The number of carboxylic acids is 1. The number of aromatic carboxylic acids is 1. The number of amides is 3. The number of imide groups is 1. The van der Waals surface area contributed by atoms with Gasteiger partial charge in [-0.15, -0.1) is 0 Å². The molecule has 1 aliphatic heterocycles. The van der Waals surface area contributed by atoms with Crippen molar-refractivity contribution in [2.24, 2.45) is 0 Å². The van der Waals surface area contributed by atoms with E-state index in [9.17, 15) is 24.0 Å². The first-order valence-corrected chi connectivity index (χ1v) is 11.5. The molecule has 0 aromatic heterocycles. The number of benzene rings is 3. The molecule has 0 aliphatic carbocycles. The maximum absolute atomic E-state index is 13.0. The third-order valence-electron chi connectivity index (χ3n) is 5.56. The molecule has 1 heterocycles. The summed E-state index contributed by atoms with van der Waals surface area (Å²) in [4.78, 5) is 61.7. The Bertz CT molecular complexity index is 1480. The lowest BCUT2D eigenvalue weighted by atomic mass is 10.1. The molecule has 0 radical (unpaired) electrons. The summed E-state index contributed by atoms with van der Waals surface area (Å²) in [6, 6.07) is 18.2. The highest BCUT2D eigenvalue weighted by molar-refractivity contribution is 6.53. The van der Waals surface area contributed by atoms with Gasteiger partial charge in [0.25, 0.3) is 11.8 Å². The monoisotopic (exact) mass is 533 g/mol. The average molecular weight is 534 g/mol. The summed E-state index contributed by atoms with van der Waals surface area (Å²) in [7, 11) is 1.22. The fourth-order valence-corrected chi connectivity index (χ4v) is 3.89. The summed E-state index contributed by atoms with van der Waals surface area (Å²) in [5.74, 6) is -3.42. The maximum Gasteiger partial charge on any atom is 0.337 e. The Balaban J connectivity index is 1.41. The highest BCUT2D eigenvalue weighted by atomic mass is 35.5. The molecule has 38 heavy (non-hydrogen) atoms. The van der Waals surface area contributed by atoms with Gasteiger partial charge in [0.1, 0.15) is 10.7 Å². The van der Waals surface area contributed by atoms with Crippen LogP contribution in [0.1, 0.15) is 26.3 Å². The van der Waals surface area contributed by atoms with E-state index in [0.29, 0.717) is 16.9 Å². The summed E-state index contributed by atoms with van der Waals surface area (Å²) in [6.07, 6.45) is 0.0478. The van der Waals surface area contributed by atoms with E-state index in [-0.39, 0.29) is 39.9 Å². The van der Waals surface area contributed by atoms with Gasteiger partial charge in [-0.05, 0) is 60.2 Å². The van der Waals surface area contributed by atoms with Crippen LogP contribution in [0.4, 0.5) is 17.1 Å². The molecule has 4 rings (SSSR count). The highest BCUT2D eigenvalue weighted by Gasteiger charge is 2.39. The molecule has 3 aromatic rings. The van der Waals surface area contributed by atoms with Crippen molar-refractivity contribution in [2.75, 3.05) is 22.6 Å². The average Bonchev–Trinajstić information content (AvgIpc) is 3.12. The topological polar surface area (TPSA) is 142 Å². The van der Waals surface area contributed by atoms with Crippen LogP contribution in [0, 0.1) is 0 Å². The van der Waals surface area contributed by atoms with Gasteiger partial charge in [-0.1, -0.05) is 29.8 Å². The zero-order valence-electron chi connectivity index (χ0n) is 19.9. The molecule has 0 fully saturated rings. The number of hydrogen-bond acceptors (Lipinski definition) is 7. The Morgan fingerprint density at radius 1 is 0.895 bits per heavy atom. The summed E-state index contributed by atoms with van der Waals surface area (Å²) in [5.41, 5.74) is 1.91. The summed E-state index contributed by atoms with van der Waals surface area (Å²) >= 11 is 6.18. The van der Waals surface area contributed by atoms with E-state index in [1.165, 1.54) is 55.6 Å². The number of anilines is 3. The number of ether oxygens (including phenoxy) is 1. The van der Waals surface area contributed by atoms with Gasteiger partial charge in [0.15, 0.2) is 0 Å². The molecular formula is C27H20ClN3O7. The van der Waals surface area contributed by atoms with Gasteiger partial charge in [0, 0.05) is 11.4 Å². The fraction of sp³-hybridized carbons (Fsp3) is 0.0741. The van der Waals surface area contributed by atoms with Crippen molar-refractivity contribution in [1.82, 2.24) is 0 Å². The van der Waals surface area contributed by atoms with Crippen LogP contribution in [0.2, 0.25) is 0 Å². The zero-order chi connectivity index (χ0) is 27.4. The van der Waals surface area contributed by atoms with Gasteiger partial charge < -0.3 is 20.5 Å². The minimum absolute atomic E-state index is 0.0478. The number of carbonyl (C=O) groups excluding carboxylic acids is 4. The predicted molar refractivity (Wildman–Crippen MR) is 139 cm³/mol. The number of carboxylic acid groups (broad SMARTS) is 1. The van der Waals surface area contributed by atoms with Crippen LogP contribution in [0.15, 0.2) is 83.5 Å². The van der Waals surface area contributed by atoms with Gasteiger partial charge in [-0.3, -0.25) is 14.4 Å². The molecule has 11 heteroatoms. The second kappa shape index (κ2) is 11.0. The van der Waals surface area contributed by atoms with E-state index in [4.69, 9.17) is 16.7 Å². The molecule has 0 saturated heterocycles. The molecule has 3 N–H and O–H groups in total. The molecule has 3 amide bonds. The van der Waals surface area contributed by atoms with E-state index >= 15 is 0 Å². The molecule has 1 aliphatic rings. The number of rotatable bonds is 8. The molecule has 0 spiro atoms. The van der Waals surface area contributed by atoms with Crippen LogP contribution in [0.5, 0.6) is 0 Å². The van der Waals surface area contributed by atoms with E-state index in [1.807, 2.05) is 0 Å². The largest absolute Gasteiger partial charge is 0.478 e. The zero-order valence-corrected chi connectivity index (χ0v) is 20.6. The lowest BCUT2D eigenvalue weighted by molar-refractivity contribution is -0.120. The number of carbonyl (C=O) groups is 5. The van der Waals surface area contributed by atoms with Gasteiger partial charge in [0.2, 0.25) is 5.91 Å². The van der Waals surface area contributed by atoms with Crippen molar-refractivity contribution in [3.63, 3.8) is 0 Å². The molecule has 10 nitrogen and oxygen atoms in total. The molecule has 192 valence electrons. The second-order valence-corrected chi connectivity index (χ2v) is 8.48. The summed E-state index contributed by atoms with van der Waals surface area (Å²) in [5, 5.41) is 14.2. The third-order valence-corrected chi connectivity index (χ3v) is 5.91. The number of nitrogens with one attached hydrogen (secondary N) is 2. The van der Waals surface area contributed by atoms with Crippen LogP contribution >= 0.6 is 11.6 Å². The quantitative estimate of drug-likeness (QED) is 0.293. The van der Waals surface area contributed by atoms with Gasteiger partial charge in [0.05, 0.1) is 30.3 Å². The minimum atomic E-state index is -1.06. The number of esters is 1. The lowest BCUT2D eigenvalue weighted by Gasteiger charge is -2.16. The van der Waals surface area contributed by atoms with Crippen molar-refractivity contribution >= 4 is 58.3 Å². The number of hydrogen-bond donors (Lipinski definition) is 3.